The lowest BCUT2D eigenvalue weighted by molar-refractivity contribution is 0.628. The molecular weight excluding hydrogens is 317 g/mol. The summed E-state index contributed by atoms with van der Waals surface area (Å²) in [5, 5.41) is 8.23. The van der Waals surface area contributed by atoms with Crippen molar-refractivity contribution in [2.24, 2.45) is 7.05 Å². The van der Waals surface area contributed by atoms with E-state index in [-0.39, 0.29) is 5.82 Å². The number of benzene rings is 2. The summed E-state index contributed by atoms with van der Waals surface area (Å²) in [7, 11) is 1.83. The molecule has 6 heteroatoms. The highest BCUT2D eigenvalue weighted by atomic mass is 19.1. The zero-order valence-electron chi connectivity index (χ0n) is 13.9. The van der Waals surface area contributed by atoms with Gasteiger partial charge in [-0.05, 0) is 31.2 Å². The number of hydrogen-bond acceptors (Lipinski definition) is 4. The fraction of sp³-hybridized carbons (Fsp3) is 0.105. The van der Waals surface area contributed by atoms with Gasteiger partial charge in [0.1, 0.15) is 11.6 Å². The number of anilines is 2. The van der Waals surface area contributed by atoms with Crippen molar-refractivity contribution in [1.29, 1.82) is 0 Å². The Bertz CT molecular complexity index is 1070. The van der Waals surface area contributed by atoms with E-state index in [1.807, 2.05) is 38.2 Å². The molecule has 0 aliphatic heterocycles. The van der Waals surface area contributed by atoms with Crippen LogP contribution in [0.1, 0.15) is 5.56 Å². The van der Waals surface area contributed by atoms with Crippen molar-refractivity contribution < 1.29 is 4.39 Å². The second-order valence-corrected chi connectivity index (χ2v) is 5.91. The Labute approximate surface area is 144 Å². The number of rotatable bonds is 3. The van der Waals surface area contributed by atoms with E-state index in [0.717, 1.165) is 16.5 Å². The molecule has 0 atom stereocenters. The maximum absolute atomic E-state index is 13.5. The molecule has 0 unspecified atom stereocenters. The van der Waals surface area contributed by atoms with Gasteiger partial charge in [0.2, 0.25) is 0 Å². The molecule has 0 aliphatic carbocycles. The summed E-state index contributed by atoms with van der Waals surface area (Å²) in [5.41, 5.74) is 3.39. The molecule has 0 radical (unpaired) electrons. The molecule has 2 heterocycles. The smallest absolute Gasteiger partial charge is 0.164 e. The van der Waals surface area contributed by atoms with Crippen LogP contribution in [0, 0.1) is 12.7 Å². The standard InChI is InChI=1S/C19H16FN5/c1-12-5-3-6-13(9-12)17-23-18(16-11-21-25(2)19(16)24-17)22-15-8-4-7-14(20)10-15/h3-11H,1-2H3,(H,22,23,24). The first kappa shape index (κ1) is 15.3. The second kappa shape index (κ2) is 5.98. The van der Waals surface area contributed by atoms with Gasteiger partial charge in [0.15, 0.2) is 11.5 Å². The van der Waals surface area contributed by atoms with Gasteiger partial charge in [-0.25, -0.2) is 14.4 Å². The minimum Gasteiger partial charge on any atom is -0.339 e. The van der Waals surface area contributed by atoms with Crippen molar-refractivity contribution in [3.8, 4) is 11.4 Å². The van der Waals surface area contributed by atoms with Crippen molar-refractivity contribution in [3.63, 3.8) is 0 Å². The van der Waals surface area contributed by atoms with Crippen molar-refractivity contribution in [2.45, 2.75) is 6.92 Å². The van der Waals surface area contributed by atoms with E-state index in [0.29, 0.717) is 23.0 Å². The molecule has 1 N–H and O–H groups in total. The number of nitrogens with one attached hydrogen (secondary N) is 1. The minimum absolute atomic E-state index is 0.305. The summed E-state index contributed by atoms with van der Waals surface area (Å²) in [6.07, 6.45) is 1.71. The zero-order valence-corrected chi connectivity index (χ0v) is 13.9. The lowest BCUT2D eigenvalue weighted by atomic mass is 10.1. The highest BCUT2D eigenvalue weighted by molar-refractivity contribution is 5.90. The quantitative estimate of drug-likeness (QED) is 0.610. The normalized spacial score (nSPS) is 11.0. The average Bonchev–Trinajstić information content (AvgIpc) is 2.96. The van der Waals surface area contributed by atoms with Crippen LogP contribution in [-0.2, 0) is 7.05 Å². The number of aromatic nitrogens is 4. The van der Waals surface area contributed by atoms with Crippen molar-refractivity contribution in [3.05, 3.63) is 66.1 Å². The molecule has 25 heavy (non-hydrogen) atoms. The first-order chi connectivity index (χ1) is 12.1. The molecule has 0 spiro atoms. The maximum atomic E-state index is 13.5. The Kier molecular flexibility index (Phi) is 3.65. The number of aryl methyl sites for hydroxylation is 2. The Morgan fingerprint density at radius 2 is 1.88 bits per heavy atom. The Morgan fingerprint density at radius 3 is 2.68 bits per heavy atom. The minimum atomic E-state index is -0.305. The highest BCUT2D eigenvalue weighted by Gasteiger charge is 2.13. The van der Waals surface area contributed by atoms with Gasteiger partial charge in [-0.2, -0.15) is 5.10 Å². The molecule has 5 nitrogen and oxygen atoms in total. The van der Waals surface area contributed by atoms with E-state index >= 15 is 0 Å². The van der Waals surface area contributed by atoms with Crippen molar-refractivity contribution in [1.82, 2.24) is 19.7 Å². The molecular formula is C19H16FN5. The molecule has 124 valence electrons. The molecule has 0 saturated carbocycles. The van der Waals surface area contributed by atoms with E-state index < -0.39 is 0 Å². The largest absolute Gasteiger partial charge is 0.339 e. The van der Waals surface area contributed by atoms with Crippen molar-refractivity contribution in [2.75, 3.05) is 5.32 Å². The van der Waals surface area contributed by atoms with E-state index in [1.165, 1.54) is 12.1 Å². The second-order valence-electron chi connectivity index (χ2n) is 5.91. The number of halogens is 1. The van der Waals surface area contributed by atoms with Crippen LogP contribution in [0.2, 0.25) is 0 Å². The molecule has 4 aromatic rings. The van der Waals surface area contributed by atoms with Crippen LogP contribution < -0.4 is 5.32 Å². The van der Waals surface area contributed by atoms with E-state index in [9.17, 15) is 4.39 Å². The summed E-state index contributed by atoms with van der Waals surface area (Å²) in [5.74, 6) is 0.888. The van der Waals surface area contributed by atoms with Crippen LogP contribution in [0.5, 0.6) is 0 Å². The summed E-state index contributed by atoms with van der Waals surface area (Å²) in [6, 6.07) is 14.3. The van der Waals surface area contributed by atoms with Crippen LogP contribution >= 0.6 is 0 Å². The monoisotopic (exact) mass is 333 g/mol. The van der Waals surface area contributed by atoms with Crippen molar-refractivity contribution >= 4 is 22.5 Å². The lowest BCUT2D eigenvalue weighted by Crippen LogP contribution is -2.01. The first-order valence-electron chi connectivity index (χ1n) is 7.89. The third-order valence-corrected chi connectivity index (χ3v) is 3.96. The molecule has 0 aliphatic rings. The van der Waals surface area contributed by atoms with Crippen LogP contribution in [-0.4, -0.2) is 19.7 Å². The van der Waals surface area contributed by atoms with Crippen LogP contribution in [0.4, 0.5) is 15.9 Å². The summed E-state index contributed by atoms with van der Waals surface area (Å²) >= 11 is 0. The Morgan fingerprint density at radius 1 is 1.04 bits per heavy atom. The summed E-state index contributed by atoms with van der Waals surface area (Å²) in [4.78, 5) is 9.29. The van der Waals surface area contributed by atoms with Gasteiger partial charge in [0.25, 0.3) is 0 Å². The first-order valence-corrected chi connectivity index (χ1v) is 7.89. The fourth-order valence-corrected chi connectivity index (χ4v) is 2.73. The number of fused-ring (bicyclic) bond motifs is 1. The molecule has 2 aromatic heterocycles. The zero-order chi connectivity index (χ0) is 17.4. The van der Waals surface area contributed by atoms with Gasteiger partial charge in [0, 0.05) is 18.3 Å². The van der Waals surface area contributed by atoms with Gasteiger partial charge in [0.05, 0.1) is 11.6 Å². The predicted octanol–water partition coefficient (Wildman–Crippen LogP) is 4.22. The van der Waals surface area contributed by atoms with Gasteiger partial charge in [-0.15, -0.1) is 0 Å². The number of hydrogen-bond donors (Lipinski definition) is 1. The maximum Gasteiger partial charge on any atom is 0.164 e. The topological polar surface area (TPSA) is 55.6 Å². The van der Waals surface area contributed by atoms with Gasteiger partial charge >= 0.3 is 0 Å². The summed E-state index contributed by atoms with van der Waals surface area (Å²) < 4.78 is 15.2. The van der Waals surface area contributed by atoms with Crippen LogP contribution in [0.3, 0.4) is 0 Å². The Hall–Kier alpha value is -3.28. The predicted molar refractivity (Wildman–Crippen MR) is 96.2 cm³/mol. The molecule has 0 amide bonds. The Balaban J connectivity index is 1.87. The van der Waals surface area contributed by atoms with Crippen LogP contribution in [0.15, 0.2) is 54.7 Å². The van der Waals surface area contributed by atoms with E-state index in [2.05, 4.69) is 20.4 Å². The molecule has 4 rings (SSSR count). The third kappa shape index (κ3) is 2.94. The van der Waals surface area contributed by atoms with E-state index in [1.54, 1.807) is 23.0 Å². The lowest BCUT2D eigenvalue weighted by Gasteiger charge is -2.10. The van der Waals surface area contributed by atoms with E-state index in [4.69, 9.17) is 0 Å². The highest BCUT2D eigenvalue weighted by Crippen LogP contribution is 2.27. The molecule has 2 aromatic carbocycles. The fourth-order valence-electron chi connectivity index (χ4n) is 2.73. The van der Waals surface area contributed by atoms with Gasteiger partial charge in [-0.1, -0.05) is 29.8 Å². The summed E-state index contributed by atoms with van der Waals surface area (Å²) in [6.45, 7) is 2.03. The molecule has 0 fully saturated rings. The van der Waals surface area contributed by atoms with Gasteiger partial charge in [-0.3, -0.25) is 4.68 Å². The average molecular weight is 333 g/mol. The molecule has 0 saturated heterocycles. The van der Waals surface area contributed by atoms with Crippen LogP contribution in [0.25, 0.3) is 22.4 Å². The number of nitrogens with zero attached hydrogens (tertiary/aromatic N) is 4. The van der Waals surface area contributed by atoms with Gasteiger partial charge < -0.3 is 5.32 Å². The SMILES string of the molecule is Cc1cccc(-c2nc(Nc3cccc(F)c3)c3cnn(C)c3n2)c1. The molecule has 0 bridgehead atoms. The third-order valence-electron chi connectivity index (χ3n) is 3.96.